The Kier molecular flexibility index (Phi) is 5.65. The number of hydrogen-bond acceptors (Lipinski definition) is 2. The average Bonchev–Trinajstić information content (AvgIpc) is 3.95. The molecule has 0 amide bonds. The fourth-order valence-electron chi connectivity index (χ4n) is 8.60. The molecule has 0 unspecified atom stereocenters. The highest BCUT2D eigenvalue weighted by atomic mass is 32.1. The summed E-state index contributed by atoms with van der Waals surface area (Å²) < 4.78 is 13.8. The first-order valence-corrected chi connectivity index (χ1v) is 18.5. The molecule has 0 bridgehead atoms. The first-order valence-electron chi connectivity index (χ1n) is 17.7. The zero-order valence-corrected chi connectivity index (χ0v) is 28.7. The average molecular weight is 681 g/mol. The van der Waals surface area contributed by atoms with Gasteiger partial charge in [-0.15, -0.1) is 11.3 Å². The first kappa shape index (κ1) is 28.1. The highest BCUT2D eigenvalue weighted by molar-refractivity contribution is 7.26. The van der Waals surface area contributed by atoms with Gasteiger partial charge < -0.3 is 13.6 Å². The summed E-state index contributed by atoms with van der Waals surface area (Å²) in [5, 5.41) is 9.89. The van der Waals surface area contributed by atoms with Crippen molar-refractivity contribution < 1.29 is 4.42 Å². The molecule has 12 rings (SSSR count). The molecule has 0 aliphatic carbocycles. The van der Waals surface area contributed by atoms with Gasteiger partial charge in [-0.05, 0) is 71.8 Å². The van der Waals surface area contributed by atoms with E-state index in [1.165, 1.54) is 80.6 Å². The topological polar surface area (TPSA) is 23.0 Å². The van der Waals surface area contributed by atoms with Gasteiger partial charge in [0.2, 0.25) is 0 Å². The summed E-state index contributed by atoms with van der Waals surface area (Å²) in [4.78, 5) is 0. The summed E-state index contributed by atoms with van der Waals surface area (Å²) in [6.07, 6.45) is 0. The maximum atomic E-state index is 6.34. The van der Waals surface area contributed by atoms with E-state index in [4.69, 9.17) is 4.42 Å². The second-order valence-corrected chi connectivity index (χ2v) is 14.8. The van der Waals surface area contributed by atoms with Crippen molar-refractivity contribution in [3.63, 3.8) is 0 Å². The van der Waals surface area contributed by atoms with Crippen molar-refractivity contribution in [3.05, 3.63) is 170 Å². The van der Waals surface area contributed by atoms with E-state index in [0.29, 0.717) is 0 Å². The van der Waals surface area contributed by atoms with E-state index in [2.05, 4.69) is 167 Å². The van der Waals surface area contributed by atoms with Crippen LogP contribution < -0.4 is 0 Å². The minimum Gasteiger partial charge on any atom is -0.456 e. The molecule has 242 valence electrons. The smallest absolute Gasteiger partial charge is 0.137 e. The second kappa shape index (κ2) is 10.5. The normalized spacial score (nSPS) is 12.2. The minimum absolute atomic E-state index is 0.897. The Bertz CT molecular complexity index is 3430. The molecule has 52 heavy (non-hydrogen) atoms. The molecule has 0 aliphatic rings. The van der Waals surface area contributed by atoms with Gasteiger partial charge in [-0.25, -0.2) is 0 Å². The van der Waals surface area contributed by atoms with E-state index < -0.39 is 0 Å². The van der Waals surface area contributed by atoms with E-state index in [0.717, 1.165) is 27.6 Å². The van der Waals surface area contributed by atoms with Gasteiger partial charge in [0.15, 0.2) is 0 Å². The molecule has 3 nitrogen and oxygen atoms in total. The highest BCUT2D eigenvalue weighted by Crippen LogP contribution is 2.42. The Hall–Kier alpha value is -6.62. The summed E-state index contributed by atoms with van der Waals surface area (Å²) in [5.41, 5.74) is 11.3. The number of para-hydroxylation sites is 3. The molecular weight excluding hydrogens is 653 g/mol. The molecule has 0 saturated carbocycles. The lowest BCUT2D eigenvalue weighted by molar-refractivity contribution is 0.668. The van der Waals surface area contributed by atoms with Gasteiger partial charge in [0.1, 0.15) is 11.2 Å². The molecule has 0 spiro atoms. The molecule has 12 aromatic rings. The van der Waals surface area contributed by atoms with Crippen molar-refractivity contribution in [2.75, 3.05) is 0 Å². The molecule has 0 aliphatic heterocycles. The quantitative estimate of drug-likeness (QED) is 0.182. The van der Waals surface area contributed by atoms with Crippen LogP contribution in [0.5, 0.6) is 0 Å². The van der Waals surface area contributed by atoms with Gasteiger partial charge in [0.25, 0.3) is 0 Å². The minimum atomic E-state index is 0.897. The van der Waals surface area contributed by atoms with Crippen molar-refractivity contribution in [3.8, 4) is 22.5 Å². The van der Waals surface area contributed by atoms with Crippen LogP contribution in [0, 0.1) is 0 Å². The van der Waals surface area contributed by atoms with Crippen LogP contribution in [-0.2, 0) is 0 Å². The van der Waals surface area contributed by atoms with Crippen molar-refractivity contribution in [2.24, 2.45) is 0 Å². The summed E-state index contributed by atoms with van der Waals surface area (Å²) in [7, 11) is 0. The molecular formula is C48H28N2OS. The number of benzene rings is 8. The first-order chi connectivity index (χ1) is 25.8. The molecule has 4 aromatic heterocycles. The third kappa shape index (κ3) is 3.84. The number of rotatable bonds is 3. The summed E-state index contributed by atoms with van der Waals surface area (Å²) in [6.45, 7) is 0. The van der Waals surface area contributed by atoms with E-state index >= 15 is 0 Å². The Labute approximate surface area is 301 Å². The lowest BCUT2D eigenvalue weighted by Gasteiger charge is -2.11. The Morgan fingerprint density at radius 3 is 1.87 bits per heavy atom. The van der Waals surface area contributed by atoms with Crippen LogP contribution in [0.3, 0.4) is 0 Å². The SMILES string of the molecule is c1ccc2c(c1)oc1cc(-n3c4ccccc4c4ccc(-c5ccc6c(c5)c5ccccc5n6-c5cccc6c5sc5ccccc56)cc43)ccc12. The Morgan fingerprint density at radius 2 is 0.981 bits per heavy atom. The van der Waals surface area contributed by atoms with E-state index in [1.807, 2.05) is 23.5 Å². The summed E-state index contributed by atoms with van der Waals surface area (Å²) in [5.74, 6) is 0. The number of hydrogen-bond donors (Lipinski definition) is 0. The van der Waals surface area contributed by atoms with Crippen LogP contribution >= 0.6 is 11.3 Å². The fourth-order valence-corrected chi connectivity index (χ4v) is 9.81. The molecule has 4 heteroatoms. The molecule has 0 atom stereocenters. The van der Waals surface area contributed by atoms with Gasteiger partial charge in [-0.2, -0.15) is 0 Å². The van der Waals surface area contributed by atoms with Crippen molar-refractivity contribution in [1.29, 1.82) is 0 Å². The lowest BCUT2D eigenvalue weighted by atomic mass is 10.0. The Balaban J connectivity index is 1.07. The predicted molar refractivity (Wildman–Crippen MR) is 221 cm³/mol. The molecule has 0 saturated heterocycles. The monoisotopic (exact) mass is 680 g/mol. The van der Waals surface area contributed by atoms with E-state index in [1.54, 1.807) is 0 Å². The van der Waals surface area contributed by atoms with Gasteiger partial charge >= 0.3 is 0 Å². The van der Waals surface area contributed by atoms with Crippen LogP contribution in [0.25, 0.3) is 108 Å². The summed E-state index contributed by atoms with van der Waals surface area (Å²) in [6, 6.07) is 61.8. The van der Waals surface area contributed by atoms with Crippen molar-refractivity contribution in [1.82, 2.24) is 9.13 Å². The Morgan fingerprint density at radius 1 is 0.365 bits per heavy atom. The molecule has 4 heterocycles. The number of nitrogens with zero attached hydrogens (tertiary/aromatic N) is 2. The van der Waals surface area contributed by atoms with Crippen molar-refractivity contribution >= 4 is 97.1 Å². The standard InChI is InChI=1S/C48H28N2OS/c1-5-15-40-32(10-1)34-23-20-30(27-44(34)49(40)31-22-24-36-35-12-3-7-18-45(35)51-46(36)28-31)29-21-25-42-39(26-29)33-11-2-6-16-41(33)50(42)43-17-9-14-38-37-13-4-8-19-47(37)52-48(38)43/h1-28H. The molecule has 0 radical (unpaired) electrons. The predicted octanol–water partition coefficient (Wildman–Crippen LogP) is 13.8. The zero-order chi connectivity index (χ0) is 33.9. The van der Waals surface area contributed by atoms with Gasteiger partial charge in [-0.1, -0.05) is 103 Å². The van der Waals surface area contributed by atoms with Crippen LogP contribution in [0.15, 0.2) is 174 Å². The maximum absolute atomic E-state index is 6.34. The fraction of sp³-hybridized carbons (Fsp3) is 0. The van der Waals surface area contributed by atoms with Gasteiger partial charge in [0, 0.05) is 59.5 Å². The summed E-state index contributed by atoms with van der Waals surface area (Å²) >= 11 is 1.88. The van der Waals surface area contributed by atoms with Crippen LogP contribution in [0.2, 0.25) is 0 Å². The number of aromatic nitrogens is 2. The van der Waals surface area contributed by atoms with Gasteiger partial charge in [-0.3, -0.25) is 0 Å². The molecule has 8 aromatic carbocycles. The van der Waals surface area contributed by atoms with Crippen LogP contribution in [-0.4, -0.2) is 9.13 Å². The molecule has 0 fully saturated rings. The number of furan rings is 1. The van der Waals surface area contributed by atoms with E-state index in [-0.39, 0.29) is 0 Å². The maximum Gasteiger partial charge on any atom is 0.137 e. The second-order valence-electron chi connectivity index (χ2n) is 13.7. The van der Waals surface area contributed by atoms with Crippen LogP contribution in [0.4, 0.5) is 0 Å². The number of thiophene rings is 1. The zero-order valence-electron chi connectivity index (χ0n) is 27.9. The third-order valence-electron chi connectivity index (χ3n) is 10.9. The van der Waals surface area contributed by atoms with Crippen LogP contribution in [0.1, 0.15) is 0 Å². The lowest BCUT2D eigenvalue weighted by Crippen LogP contribution is -1.94. The van der Waals surface area contributed by atoms with E-state index in [9.17, 15) is 0 Å². The largest absolute Gasteiger partial charge is 0.456 e. The van der Waals surface area contributed by atoms with Crippen molar-refractivity contribution in [2.45, 2.75) is 0 Å². The highest BCUT2D eigenvalue weighted by Gasteiger charge is 2.19. The molecule has 0 N–H and O–H groups in total. The third-order valence-corrected chi connectivity index (χ3v) is 12.1. The van der Waals surface area contributed by atoms with Gasteiger partial charge in [0.05, 0.1) is 32.5 Å². The number of fused-ring (bicyclic) bond motifs is 12.